The van der Waals surface area contributed by atoms with Gasteiger partial charge in [0.2, 0.25) is 5.78 Å². The number of alkyl halides is 3. The lowest BCUT2D eigenvalue weighted by Crippen LogP contribution is -2.41. The molecule has 1 aliphatic carbocycles. The number of hydrogen-bond donors (Lipinski definition) is 0. The van der Waals surface area contributed by atoms with E-state index in [1.807, 2.05) is 0 Å². The normalized spacial score (nSPS) is 29.4. The Morgan fingerprint density at radius 2 is 2.00 bits per heavy atom. The molecule has 0 aromatic carbocycles. The van der Waals surface area contributed by atoms with Crippen molar-refractivity contribution in [2.75, 3.05) is 13.2 Å². The van der Waals surface area contributed by atoms with Gasteiger partial charge in [0.25, 0.3) is 0 Å². The molecule has 0 radical (unpaired) electrons. The van der Waals surface area contributed by atoms with Crippen LogP contribution >= 0.6 is 0 Å². The summed E-state index contributed by atoms with van der Waals surface area (Å²) in [5.41, 5.74) is 0. The van der Waals surface area contributed by atoms with E-state index in [2.05, 4.69) is 0 Å². The van der Waals surface area contributed by atoms with Crippen molar-refractivity contribution < 1.29 is 27.5 Å². The standard InChI is InChI=1S/C13H18F3NO3/c1-2-20-12(19)17-7-8-4-3-5-9(8)10(17)6-11(18)13(14,15)16/h8-10H,2-7H2,1H3. The fourth-order valence-electron chi connectivity index (χ4n) is 3.40. The Balaban J connectivity index is 2.11. The minimum atomic E-state index is -4.84. The molecule has 2 fully saturated rings. The molecule has 1 saturated heterocycles. The summed E-state index contributed by atoms with van der Waals surface area (Å²) in [4.78, 5) is 24.4. The summed E-state index contributed by atoms with van der Waals surface area (Å²) in [6, 6.07) is -0.671. The molecule has 20 heavy (non-hydrogen) atoms. The van der Waals surface area contributed by atoms with Crippen LogP contribution in [0.1, 0.15) is 32.6 Å². The van der Waals surface area contributed by atoms with Crippen LogP contribution in [0.2, 0.25) is 0 Å². The molecule has 1 heterocycles. The molecule has 0 bridgehead atoms. The first-order chi connectivity index (χ1) is 9.34. The van der Waals surface area contributed by atoms with Crippen LogP contribution in [0.3, 0.4) is 0 Å². The van der Waals surface area contributed by atoms with Gasteiger partial charge in [-0.25, -0.2) is 4.79 Å². The molecule has 0 aromatic heterocycles. The lowest BCUT2D eigenvalue weighted by Gasteiger charge is -2.26. The van der Waals surface area contributed by atoms with E-state index in [0.717, 1.165) is 19.3 Å². The first-order valence-corrected chi connectivity index (χ1v) is 6.88. The molecule has 0 N–H and O–H groups in total. The fraction of sp³-hybridized carbons (Fsp3) is 0.846. The van der Waals surface area contributed by atoms with Gasteiger partial charge in [0.1, 0.15) is 0 Å². The quantitative estimate of drug-likeness (QED) is 0.804. The second-order valence-corrected chi connectivity index (χ2v) is 5.40. The first-order valence-electron chi connectivity index (χ1n) is 6.88. The molecular weight excluding hydrogens is 275 g/mol. The summed E-state index contributed by atoms with van der Waals surface area (Å²) in [5, 5.41) is 0. The van der Waals surface area contributed by atoms with Gasteiger partial charge in [-0.3, -0.25) is 4.79 Å². The average molecular weight is 293 g/mol. The third kappa shape index (κ3) is 2.91. The van der Waals surface area contributed by atoms with Crippen LogP contribution in [0.4, 0.5) is 18.0 Å². The number of hydrogen-bond acceptors (Lipinski definition) is 3. The molecule has 3 unspecified atom stereocenters. The van der Waals surface area contributed by atoms with Gasteiger partial charge in [0, 0.05) is 19.0 Å². The maximum atomic E-state index is 12.4. The smallest absolute Gasteiger partial charge is 0.450 e. The van der Waals surface area contributed by atoms with Crippen LogP contribution < -0.4 is 0 Å². The van der Waals surface area contributed by atoms with E-state index in [1.54, 1.807) is 6.92 Å². The van der Waals surface area contributed by atoms with Crippen LogP contribution in [0.25, 0.3) is 0 Å². The molecule has 1 saturated carbocycles. The van der Waals surface area contributed by atoms with Crippen LogP contribution in [-0.4, -0.2) is 42.1 Å². The number of nitrogens with zero attached hydrogens (tertiary/aromatic N) is 1. The van der Waals surface area contributed by atoms with E-state index >= 15 is 0 Å². The number of carbonyl (C=O) groups excluding carboxylic acids is 2. The highest BCUT2D eigenvalue weighted by molar-refractivity contribution is 5.85. The summed E-state index contributed by atoms with van der Waals surface area (Å²) in [7, 11) is 0. The van der Waals surface area contributed by atoms with Gasteiger partial charge in [-0.1, -0.05) is 6.42 Å². The van der Waals surface area contributed by atoms with Crippen LogP contribution in [-0.2, 0) is 9.53 Å². The zero-order valence-corrected chi connectivity index (χ0v) is 11.3. The van der Waals surface area contributed by atoms with E-state index in [9.17, 15) is 22.8 Å². The topological polar surface area (TPSA) is 46.6 Å². The number of amides is 1. The molecule has 2 rings (SSSR count). The molecule has 0 aromatic rings. The Hall–Kier alpha value is -1.27. The molecule has 4 nitrogen and oxygen atoms in total. The van der Waals surface area contributed by atoms with Crippen molar-refractivity contribution in [1.82, 2.24) is 4.90 Å². The molecule has 3 atom stereocenters. The highest BCUT2D eigenvalue weighted by Gasteiger charge is 2.50. The number of rotatable bonds is 3. The highest BCUT2D eigenvalue weighted by atomic mass is 19.4. The van der Waals surface area contributed by atoms with Gasteiger partial charge in [0.15, 0.2) is 0 Å². The molecule has 7 heteroatoms. The number of fused-ring (bicyclic) bond motifs is 1. The Morgan fingerprint density at radius 1 is 1.30 bits per heavy atom. The maximum Gasteiger partial charge on any atom is 0.450 e. The minimum absolute atomic E-state index is 0.00861. The molecule has 1 amide bonds. The lowest BCUT2D eigenvalue weighted by atomic mass is 9.91. The van der Waals surface area contributed by atoms with Gasteiger partial charge in [-0.05, 0) is 31.6 Å². The van der Waals surface area contributed by atoms with Gasteiger partial charge in [0.05, 0.1) is 6.61 Å². The van der Waals surface area contributed by atoms with Gasteiger partial charge in [-0.2, -0.15) is 13.2 Å². The summed E-state index contributed by atoms with van der Waals surface area (Å²) in [6.45, 7) is 2.22. The van der Waals surface area contributed by atoms with Crippen molar-refractivity contribution in [3.8, 4) is 0 Å². The molecule has 2 aliphatic rings. The summed E-state index contributed by atoms with van der Waals surface area (Å²) >= 11 is 0. The summed E-state index contributed by atoms with van der Waals surface area (Å²) in [5.74, 6) is -1.57. The molecule has 114 valence electrons. The van der Waals surface area contributed by atoms with Gasteiger partial charge < -0.3 is 9.64 Å². The monoisotopic (exact) mass is 293 g/mol. The zero-order chi connectivity index (χ0) is 14.9. The van der Waals surface area contributed by atoms with Crippen molar-refractivity contribution in [3.63, 3.8) is 0 Å². The largest absolute Gasteiger partial charge is 0.450 e. The van der Waals surface area contributed by atoms with E-state index in [4.69, 9.17) is 4.74 Å². The lowest BCUT2D eigenvalue weighted by molar-refractivity contribution is -0.172. The van der Waals surface area contributed by atoms with Crippen LogP contribution in [0, 0.1) is 11.8 Å². The van der Waals surface area contributed by atoms with Crippen LogP contribution in [0.5, 0.6) is 0 Å². The Morgan fingerprint density at radius 3 is 2.60 bits per heavy atom. The van der Waals surface area contributed by atoms with E-state index in [-0.39, 0.29) is 18.4 Å². The average Bonchev–Trinajstić information content (AvgIpc) is 2.90. The SMILES string of the molecule is CCOC(=O)N1CC2CCCC2C1CC(=O)C(F)(F)F. The second-order valence-electron chi connectivity index (χ2n) is 5.40. The van der Waals surface area contributed by atoms with Crippen molar-refractivity contribution in [1.29, 1.82) is 0 Å². The summed E-state index contributed by atoms with van der Waals surface area (Å²) < 4.78 is 42.2. The number of ether oxygens (including phenoxy) is 1. The van der Waals surface area contributed by atoms with Crippen molar-refractivity contribution in [2.45, 2.75) is 44.8 Å². The van der Waals surface area contributed by atoms with Gasteiger partial charge in [-0.15, -0.1) is 0 Å². The molecule has 0 spiro atoms. The predicted molar refractivity (Wildman–Crippen MR) is 64.0 cm³/mol. The number of halogens is 3. The number of likely N-dealkylation sites (tertiary alicyclic amines) is 1. The maximum absolute atomic E-state index is 12.4. The van der Waals surface area contributed by atoms with E-state index < -0.39 is 30.5 Å². The minimum Gasteiger partial charge on any atom is -0.450 e. The van der Waals surface area contributed by atoms with Crippen LogP contribution in [0.15, 0.2) is 0 Å². The number of ketones is 1. The Labute approximate surface area is 115 Å². The fourth-order valence-corrected chi connectivity index (χ4v) is 3.40. The van der Waals surface area contributed by atoms with E-state index in [1.165, 1.54) is 4.90 Å². The molecular formula is C13H18F3NO3. The Bertz CT molecular complexity index is 397. The van der Waals surface area contributed by atoms with E-state index in [0.29, 0.717) is 6.54 Å². The summed E-state index contributed by atoms with van der Waals surface area (Å²) in [6.07, 6.45) is -3.47. The zero-order valence-electron chi connectivity index (χ0n) is 11.3. The van der Waals surface area contributed by atoms with Crippen molar-refractivity contribution in [3.05, 3.63) is 0 Å². The van der Waals surface area contributed by atoms with Crippen molar-refractivity contribution >= 4 is 11.9 Å². The molecule has 1 aliphatic heterocycles. The first kappa shape index (κ1) is 15.1. The highest BCUT2D eigenvalue weighted by Crippen LogP contribution is 2.44. The Kier molecular flexibility index (Phi) is 4.25. The van der Waals surface area contributed by atoms with Crippen molar-refractivity contribution in [2.24, 2.45) is 11.8 Å². The second kappa shape index (κ2) is 5.61. The number of Topliss-reactive ketones (excluding diaryl/α,β-unsaturated/α-hetero) is 1. The predicted octanol–water partition coefficient (Wildman–Crippen LogP) is 2.76. The third-order valence-corrected chi connectivity index (χ3v) is 4.26. The number of carbonyl (C=O) groups is 2. The third-order valence-electron chi connectivity index (χ3n) is 4.26. The van der Waals surface area contributed by atoms with Gasteiger partial charge >= 0.3 is 12.3 Å².